The molecule has 0 saturated heterocycles. The predicted octanol–water partition coefficient (Wildman–Crippen LogP) is 12.7. The van der Waals surface area contributed by atoms with E-state index in [0.717, 1.165) is 79.2 Å². The summed E-state index contributed by atoms with van der Waals surface area (Å²) in [4.78, 5) is 40.1. The van der Waals surface area contributed by atoms with Crippen molar-refractivity contribution < 1.29 is 36.2 Å². The van der Waals surface area contributed by atoms with E-state index in [1.165, 1.54) is 30.5 Å². The number of aryl methyl sites for hydroxylation is 4. The third-order valence-corrected chi connectivity index (χ3v) is 16.6. The predicted molar refractivity (Wildman–Crippen MR) is 350 cm³/mol. The van der Waals surface area contributed by atoms with Gasteiger partial charge in [0, 0.05) is 175 Å². The van der Waals surface area contributed by atoms with Gasteiger partial charge >= 0.3 is 0 Å². The van der Waals surface area contributed by atoms with Gasteiger partial charge in [-0.2, -0.15) is 0 Å². The fourth-order valence-corrected chi connectivity index (χ4v) is 12.1. The summed E-state index contributed by atoms with van der Waals surface area (Å²) in [7, 11) is 7.80. The number of ether oxygens (including phenoxy) is 3. The first-order valence-corrected chi connectivity index (χ1v) is 30.7. The Balaban J connectivity index is 0.000000128. The summed E-state index contributed by atoms with van der Waals surface area (Å²) < 4.78 is 94.5. The number of aromatic nitrogens is 11. The molecule has 3 N–H and O–H groups in total. The van der Waals surface area contributed by atoms with Crippen LogP contribution < -0.4 is 35.1 Å². The Labute approximate surface area is 538 Å². The van der Waals surface area contributed by atoms with Crippen molar-refractivity contribution in [1.29, 1.82) is 0 Å². The Hall–Kier alpha value is -10.8. The fourth-order valence-electron chi connectivity index (χ4n) is 12.1. The minimum atomic E-state index is -0.421. The van der Waals surface area contributed by atoms with E-state index in [1.54, 1.807) is 57.7 Å². The molecule has 0 bridgehead atoms. The average molecular weight is 1280 g/mol. The SMILES string of the molecule is Cc1cn2c(NCc3c(F)ccc4c3CCO4)ncc(-c3cc(F)cnc3C)c2n1.Cc1cn2c(NCc3c(F)ccc4c3CCO4)ncc(-c3ccc(CN(C)C)cc3F)c2n1.Cc1cn2c(NCc3c(F)ccc4c3CCO4)ncc(-c3ccc(N(C)C)nc3)c2n1. The van der Waals surface area contributed by atoms with Crippen molar-refractivity contribution >= 4 is 40.6 Å². The van der Waals surface area contributed by atoms with Crippen LogP contribution in [0.3, 0.4) is 0 Å². The van der Waals surface area contributed by atoms with E-state index in [-0.39, 0.29) is 36.4 Å². The van der Waals surface area contributed by atoms with Crippen LogP contribution in [0, 0.1) is 56.8 Å². The first-order chi connectivity index (χ1) is 45.4. The number of hydrogen-bond donors (Lipinski definition) is 3. The highest BCUT2D eigenvalue weighted by Crippen LogP contribution is 2.36. The van der Waals surface area contributed by atoms with Crippen molar-refractivity contribution in [2.24, 2.45) is 0 Å². The molecule has 12 aromatic rings. The van der Waals surface area contributed by atoms with Gasteiger partial charge in [0.15, 0.2) is 0 Å². The molecule has 3 aliphatic rings. The smallest absolute Gasteiger partial charge is 0.208 e. The number of rotatable bonds is 15. The highest BCUT2D eigenvalue weighted by molar-refractivity contribution is 5.81. The Morgan fingerprint density at radius 3 is 1.32 bits per heavy atom. The molecule has 15 rings (SSSR count). The van der Waals surface area contributed by atoms with Crippen LogP contribution in [0.4, 0.5) is 45.6 Å². The zero-order chi connectivity index (χ0) is 65.5. The Bertz CT molecular complexity index is 4860. The van der Waals surface area contributed by atoms with Crippen LogP contribution >= 0.6 is 0 Å². The van der Waals surface area contributed by atoms with Crippen LogP contribution in [0.1, 0.15) is 61.7 Å². The summed E-state index contributed by atoms with van der Waals surface area (Å²) in [6, 6.07) is 20.0. The van der Waals surface area contributed by atoms with Crippen molar-refractivity contribution in [3.05, 3.63) is 213 Å². The first kappa shape index (κ1) is 62.1. The maximum Gasteiger partial charge on any atom is 0.208 e. The number of hydrogen-bond acceptors (Lipinski definition) is 16. The van der Waals surface area contributed by atoms with E-state index in [2.05, 4.69) is 55.8 Å². The lowest BCUT2D eigenvalue weighted by Crippen LogP contribution is -2.11. The number of nitrogens with one attached hydrogen (secondary N) is 3. The summed E-state index contributed by atoms with van der Waals surface area (Å²) >= 11 is 0. The van der Waals surface area contributed by atoms with Crippen LogP contribution in [0.25, 0.3) is 50.3 Å². The van der Waals surface area contributed by atoms with Gasteiger partial charge in [0.1, 0.15) is 69.1 Å². The number of halogens is 5. The molecule has 0 aliphatic carbocycles. The van der Waals surface area contributed by atoms with Gasteiger partial charge in [-0.3, -0.25) is 18.2 Å². The van der Waals surface area contributed by atoms with E-state index >= 15 is 4.39 Å². The van der Waals surface area contributed by atoms with Gasteiger partial charge in [0.25, 0.3) is 0 Å². The summed E-state index contributed by atoms with van der Waals surface area (Å²) in [6.45, 7) is 10.7. The lowest BCUT2D eigenvalue weighted by Gasteiger charge is -2.14. The summed E-state index contributed by atoms with van der Waals surface area (Å²) in [5, 5.41) is 9.73. The number of nitrogens with zero attached hydrogens (tertiary/aromatic N) is 13. The lowest BCUT2D eigenvalue weighted by atomic mass is 10.0. The normalized spacial score (nSPS) is 12.8. The maximum absolute atomic E-state index is 15.0. The second-order valence-corrected chi connectivity index (χ2v) is 23.7. The molecule has 0 saturated carbocycles. The molecular formula is C70H67F5N16O3. The number of fused-ring (bicyclic) bond motifs is 6. The van der Waals surface area contributed by atoms with Crippen LogP contribution in [0.5, 0.6) is 17.2 Å². The van der Waals surface area contributed by atoms with Crippen LogP contribution in [0.2, 0.25) is 0 Å². The number of imidazole rings is 3. The Morgan fingerprint density at radius 1 is 0.447 bits per heavy atom. The van der Waals surface area contributed by atoms with E-state index in [4.69, 9.17) is 14.2 Å². The third kappa shape index (κ3) is 12.5. The summed E-state index contributed by atoms with van der Waals surface area (Å²) in [5.74, 6) is 3.21. The van der Waals surface area contributed by atoms with E-state index in [9.17, 15) is 17.6 Å². The van der Waals surface area contributed by atoms with E-state index in [1.807, 2.05) is 113 Å². The van der Waals surface area contributed by atoms with Crippen molar-refractivity contribution in [3.63, 3.8) is 0 Å². The molecule has 0 fully saturated rings. The van der Waals surface area contributed by atoms with Gasteiger partial charge < -0.3 is 40.0 Å². The first-order valence-electron chi connectivity index (χ1n) is 30.7. The molecular weight excluding hydrogens is 1210 g/mol. The maximum atomic E-state index is 15.0. The molecule has 94 heavy (non-hydrogen) atoms. The molecule has 480 valence electrons. The number of benzene rings is 4. The van der Waals surface area contributed by atoms with Crippen LogP contribution in [0.15, 0.2) is 122 Å². The zero-order valence-electron chi connectivity index (χ0n) is 53.0. The topological polar surface area (TPSA) is 187 Å². The third-order valence-electron chi connectivity index (χ3n) is 16.6. The highest BCUT2D eigenvalue weighted by atomic mass is 19.1. The quantitative estimate of drug-likeness (QED) is 0.0822. The Morgan fingerprint density at radius 2 is 0.894 bits per heavy atom. The molecule has 3 aliphatic heterocycles. The van der Waals surface area contributed by atoms with Gasteiger partial charge in [-0.15, -0.1) is 0 Å². The van der Waals surface area contributed by atoms with Gasteiger partial charge in [-0.05, 0) is 108 Å². The molecule has 4 aromatic carbocycles. The van der Waals surface area contributed by atoms with Crippen molar-refractivity contribution in [1.82, 2.24) is 58.0 Å². The van der Waals surface area contributed by atoms with Crippen LogP contribution in [-0.2, 0) is 45.4 Å². The number of anilines is 4. The molecule has 0 amide bonds. The second kappa shape index (κ2) is 26.1. The fraction of sp³-hybridized carbons (Fsp3) is 0.257. The van der Waals surface area contributed by atoms with Crippen LogP contribution in [-0.4, -0.2) is 106 Å². The second-order valence-electron chi connectivity index (χ2n) is 23.7. The zero-order valence-corrected chi connectivity index (χ0v) is 53.0. The molecule has 0 atom stereocenters. The molecule has 11 heterocycles. The molecule has 8 aromatic heterocycles. The number of pyridine rings is 2. The summed E-state index contributed by atoms with van der Waals surface area (Å²) in [5.41, 5.74) is 14.6. The van der Waals surface area contributed by atoms with Gasteiger partial charge in [-0.1, -0.05) is 12.1 Å². The standard InChI is InChI=1S/C25H25F2N5O.C23H23FN6O.C22H19F2N5O/c1-15-13-32-24(30-15)20(17-5-4-16(10-22(17)27)14-31(2)3)12-29-25(32)28-11-19-18-8-9-33-23(18)7-6-21(19)26;1-14-13-30-22(28-14)17(15-4-7-21(25-10-15)29(2)3)11-26-23(30)27-12-18-16-8-9-31-20(16)6-5-19(18)24;1-12-11-29-21(28-12)18(16-7-14(23)8-25-13(16)2)10-27-22(29)26-9-17-15-5-6-30-20(15)4-3-19(17)24/h4-7,10,12-13H,8-9,11,14H2,1-3H3,(H,28,29);4-7,10-11,13H,8-9,12H2,1-3H3,(H,26,27);3-4,7-8,10-11H,5-6,9H2,1-2H3,(H,26,27). The highest BCUT2D eigenvalue weighted by Gasteiger charge is 2.25. The monoisotopic (exact) mass is 1270 g/mol. The molecule has 19 nitrogen and oxygen atoms in total. The van der Waals surface area contributed by atoms with Gasteiger partial charge in [-0.25, -0.2) is 56.8 Å². The molecule has 0 radical (unpaired) electrons. The van der Waals surface area contributed by atoms with Gasteiger partial charge in [0.2, 0.25) is 17.8 Å². The van der Waals surface area contributed by atoms with Crippen molar-refractivity contribution in [3.8, 4) is 50.6 Å². The Kier molecular flexibility index (Phi) is 17.2. The summed E-state index contributed by atoms with van der Waals surface area (Å²) in [6.07, 6.45) is 15.7. The largest absolute Gasteiger partial charge is 0.493 e. The van der Waals surface area contributed by atoms with E-state index in [0.29, 0.717) is 126 Å². The van der Waals surface area contributed by atoms with Gasteiger partial charge in [0.05, 0.1) is 43.1 Å². The minimum Gasteiger partial charge on any atom is -0.493 e. The minimum absolute atomic E-state index is 0.238. The molecule has 0 spiro atoms. The van der Waals surface area contributed by atoms with E-state index < -0.39 is 5.82 Å². The van der Waals surface area contributed by atoms with Crippen molar-refractivity contribution in [2.75, 3.05) is 68.9 Å². The molecule has 0 unspecified atom stereocenters. The average Bonchev–Trinajstić information content (AvgIpc) is 1.57. The lowest BCUT2D eigenvalue weighted by molar-refractivity contribution is 0.356. The van der Waals surface area contributed by atoms with Crippen molar-refractivity contribution in [2.45, 2.75) is 73.1 Å². The molecule has 24 heteroatoms.